The summed E-state index contributed by atoms with van der Waals surface area (Å²) in [6.45, 7) is 4.76. The molecule has 7 nitrogen and oxygen atoms in total. The van der Waals surface area contributed by atoms with Gasteiger partial charge >= 0.3 is 0 Å². The molecule has 2 N–H and O–H groups in total. The first kappa shape index (κ1) is 19.1. The van der Waals surface area contributed by atoms with Crippen LogP contribution in [-0.4, -0.2) is 32.1 Å². The van der Waals surface area contributed by atoms with Crippen LogP contribution in [0.4, 0.5) is 4.39 Å². The second kappa shape index (κ2) is 7.75. The maximum Gasteiger partial charge on any atom is 0.246 e. The van der Waals surface area contributed by atoms with E-state index < -0.39 is 22.0 Å². The molecule has 1 heterocycles. The Morgan fingerprint density at radius 2 is 1.92 bits per heavy atom. The molecular weight excluding hydrogens is 349 g/mol. The quantitative estimate of drug-likeness (QED) is 0.769. The lowest BCUT2D eigenvalue weighted by Gasteiger charge is -2.14. The molecule has 0 bridgehead atoms. The number of benzene rings is 1. The van der Waals surface area contributed by atoms with Crippen LogP contribution in [0.25, 0.3) is 0 Å². The molecule has 0 radical (unpaired) electrons. The summed E-state index contributed by atoms with van der Waals surface area (Å²) in [6.07, 6.45) is 0.509. The number of amides is 1. The number of rotatable bonds is 7. The summed E-state index contributed by atoms with van der Waals surface area (Å²) in [5.41, 5.74) is 1.10. The number of carbonyl (C=O) groups excluding carboxylic acids is 1. The van der Waals surface area contributed by atoms with Crippen LogP contribution in [0, 0.1) is 19.7 Å². The molecule has 0 spiro atoms. The molecule has 0 aliphatic heterocycles. The van der Waals surface area contributed by atoms with E-state index in [4.69, 9.17) is 4.52 Å². The Morgan fingerprint density at radius 3 is 2.48 bits per heavy atom. The van der Waals surface area contributed by atoms with Crippen LogP contribution < -0.4 is 10.0 Å². The number of aromatic nitrogens is 1. The van der Waals surface area contributed by atoms with Gasteiger partial charge in [0.2, 0.25) is 15.9 Å². The van der Waals surface area contributed by atoms with Crippen molar-refractivity contribution in [1.82, 2.24) is 15.2 Å². The van der Waals surface area contributed by atoms with E-state index in [0.29, 0.717) is 13.0 Å². The maximum atomic E-state index is 12.8. The predicted molar refractivity (Wildman–Crippen MR) is 88.9 cm³/mol. The van der Waals surface area contributed by atoms with Crippen LogP contribution in [0.3, 0.4) is 0 Å². The number of carbonyl (C=O) groups is 1. The topological polar surface area (TPSA) is 101 Å². The number of hydrogen-bond donors (Lipinski definition) is 2. The number of aryl methyl sites for hydroxylation is 2. The third-order valence-corrected chi connectivity index (χ3v) is 5.37. The van der Waals surface area contributed by atoms with E-state index in [0.717, 1.165) is 5.56 Å². The summed E-state index contributed by atoms with van der Waals surface area (Å²) in [4.78, 5) is 12.0. The zero-order valence-electron chi connectivity index (χ0n) is 14.2. The molecule has 25 heavy (non-hydrogen) atoms. The van der Waals surface area contributed by atoms with E-state index >= 15 is 0 Å². The van der Waals surface area contributed by atoms with Gasteiger partial charge in [0.15, 0.2) is 5.76 Å². The molecule has 2 aromatic rings. The van der Waals surface area contributed by atoms with Crippen molar-refractivity contribution in [2.75, 3.05) is 6.54 Å². The molecular formula is C16H20FN3O4S. The highest BCUT2D eigenvalue weighted by Gasteiger charge is 2.27. The fourth-order valence-electron chi connectivity index (χ4n) is 2.34. The normalized spacial score (nSPS) is 12.8. The van der Waals surface area contributed by atoms with E-state index in [2.05, 4.69) is 15.2 Å². The average molecular weight is 369 g/mol. The molecule has 9 heteroatoms. The van der Waals surface area contributed by atoms with Crippen LogP contribution in [0.2, 0.25) is 0 Å². The van der Waals surface area contributed by atoms with Gasteiger partial charge in [0.05, 0.1) is 6.04 Å². The first-order valence-corrected chi connectivity index (χ1v) is 9.16. The van der Waals surface area contributed by atoms with Crippen molar-refractivity contribution in [1.29, 1.82) is 0 Å². The summed E-state index contributed by atoms with van der Waals surface area (Å²) >= 11 is 0. The first-order chi connectivity index (χ1) is 11.7. The second-order valence-electron chi connectivity index (χ2n) is 5.66. The number of nitrogens with zero attached hydrogens (tertiary/aromatic N) is 1. The number of sulfonamides is 1. The van der Waals surface area contributed by atoms with E-state index in [9.17, 15) is 17.6 Å². The predicted octanol–water partition coefficient (Wildman–Crippen LogP) is 1.46. The van der Waals surface area contributed by atoms with Gasteiger partial charge in [-0.15, -0.1) is 0 Å². The van der Waals surface area contributed by atoms with Crippen molar-refractivity contribution >= 4 is 15.9 Å². The fraction of sp³-hybridized carbons (Fsp3) is 0.375. The van der Waals surface area contributed by atoms with Gasteiger partial charge in [-0.2, -0.15) is 4.72 Å². The Hall–Kier alpha value is -2.26. The third kappa shape index (κ3) is 4.86. The van der Waals surface area contributed by atoms with Crippen molar-refractivity contribution in [3.63, 3.8) is 0 Å². The summed E-state index contributed by atoms with van der Waals surface area (Å²) in [5, 5.41) is 6.25. The molecule has 0 saturated heterocycles. The molecule has 1 atom stereocenters. The lowest BCUT2D eigenvalue weighted by atomic mass is 10.1. The average Bonchev–Trinajstić information content (AvgIpc) is 2.88. The smallest absolute Gasteiger partial charge is 0.246 e. The highest BCUT2D eigenvalue weighted by Crippen LogP contribution is 2.18. The fourth-order valence-corrected chi connectivity index (χ4v) is 3.87. The zero-order chi connectivity index (χ0) is 18.6. The summed E-state index contributed by atoms with van der Waals surface area (Å²) in [7, 11) is -3.91. The number of nitrogens with one attached hydrogen (secondary N) is 2. The molecule has 1 unspecified atom stereocenters. The van der Waals surface area contributed by atoms with Crippen molar-refractivity contribution in [3.8, 4) is 0 Å². The van der Waals surface area contributed by atoms with Crippen LogP contribution in [0.1, 0.15) is 23.9 Å². The third-order valence-electron chi connectivity index (χ3n) is 3.59. The van der Waals surface area contributed by atoms with Gasteiger partial charge in [-0.3, -0.25) is 4.79 Å². The molecule has 0 aliphatic carbocycles. The van der Waals surface area contributed by atoms with E-state index in [1.807, 2.05) is 0 Å². The molecule has 136 valence electrons. The van der Waals surface area contributed by atoms with E-state index in [1.165, 1.54) is 32.9 Å². The Labute approximate surface area is 145 Å². The highest BCUT2D eigenvalue weighted by atomic mass is 32.2. The Balaban J connectivity index is 1.90. The molecule has 1 aromatic heterocycles. The number of hydrogen-bond acceptors (Lipinski definition) is 5. The lowest BCUT2D eigenvalue weighted by molar-refractivity contribution is -0.122. The molecule has 1 aromatic carbocycles. The monoisotopic (exact) mass is 369 g/mol. The summed E-state index contributed by atoms with van der Waals surface area (Å²) in [5.74, 6) is -0.624. The SMILES string of the molecule is Cc1noc(C)c1S(=O)(=O)NC(C)C(=O)NCCc1ccc(F)cc1. The first-order valence-electron chi connectivity index (χ1n) is 7.68. The van der Waals surface area contributed by atoms with Crippen LogP contribution in [0.15, 0.2) is 33.7 Å². The Bertz CT molecular complexity index is 827. The maximum absolute atomic E-state index is 12.8. The Kier molecular flexibility index (Phi) is 5.91. The largest absolute Gasteiger partial charge is 0.360 e. The van der Waals surface area contributed by atoms with Crippen molar-refractivity contribution in [3.05, 3.63) is 47.1 Å². The number of halogens is 1. The molecule has 1 amide bonds. The van der Waals surface area contributed by atoms with Crippen LogP contribution in [0.5, 0.6) is 0 Å². The minimum absolute atomic E-state index is 0.0570. The van der Waals surface area contributed by atoms with E-state index in [-0.39, 0.29) is 22.2 Å². The molecule has 0 saturated carbocycles. The Morgan fingerprint density at radius 1 is 1.28 bits per heavy atom. The van der Waals surface area contributed by atoms with Crippen molar-refractivity contribution in [2.45, 2.75) is 38.1 Å². The lowest BCUT2D eigenvalue weighted by Crippen LogP contribution is -2.45. The summed E-state index contributed by atoms with van der Waals surface area (Å²) in [6, 6.07) is 4.98. The van der Waals surface area contributed by atoms with Crippen LogP contribution >= 0.6 is 0 Å². The summed E-state index contributed by atoms with van der Waals surface area (Å²) < 4.78 is 44.7. The minimum Gasteiger partial charge on any atom is -0.360 e. The minimum atomic E-state index is -3.91. The van der Waals surface area contributed by atoms with Gasteiger partial charge in [0.1, 0.15) is 16.4 Å². The van der Waals surface area contributed by atoms with Gasteiger partial charge in [-0.25, -0.2) is 12.8 Å². The molecule has 0 fully saturated rings. The van der Waals surface area contributed by atoms with Crippen LogP contribution in [-0.2, 0) is 21.2 Å². The van der Waals surface area contributed by atoms with Gasteiger partial charge in [0.25, 0.3) is 0 Å². The molecule has 2 rings (SSSR count). The van der Waals surface area contributed by atoms with E-state index in [1.54, 1.807) is 12.1 Å². The van der Waals surface area contributed by atoms with Gasteiger partial charge in [-0.1, -0.05) is 17.3 Å². The van der Waals surface area contributed by atoms with Gasteiger partial charge < -0.3 is 9.84 Å². The molecule has 0 aliphatic rings. The second-order valence-corrected chi connectivity index (χ2v) is 7.31. The van der Waals surface area contributed by atoms with Gasteiger partial charge in [-0.05, 0) is 44.9 Å². The zero-order valence-corrected chi connectivity index (χ0v) is 15.0. The highest BCUT2D eigenvalue weighted by molar-refractivity contribution is 7.89. The van der Waals surface area contributed by atoms with Gasteiger partial charge in [0, 0.05) is 6.54 Å². The standard InChI is InChI=1S/C16H20FN3O4S/c1-10-15(12(3)24-19-10)25(22,23)20-11(2)16(21)18-9-8-13-4-6-14(17)7-5-13/h4-7,11,20H,8-9H2,1-3H3,(H,18,21). The van der Waals surface area contributed by atoms with Crippen molar-refractivity contribution in [2.24, 2.45) is 0 Å². The van der Waals surface area contributed by atoms with Crippen molar-refractivity contribution < 1.29 is 22.1 Å².